The van der Waals surface area contributed by atoms with E-state index in [1.807, 2.05) is 0 Å². The first kappa shape index (κ1) is 23.2. The van der Waals surface area contributed by atoms with Crippen LogP contribution in [0.3, 0.4) is 0 Å². The van der Waals surface area contributed by atoms with Crippen molar-refractivity contribution in [2.24, 2.45) is 0 Å². The van der Waals surface area contributed by atoms with Gasteiger partial charge in [-0.1, -0.05) is 52.4 Å². The van der Waals surface area contributed by atoms with Gasteiger partial charge in [0.1, 0.15) is 0 Å². The second-order valence-electron chi connectivity index (χ2n) is 9.34. The first-order valence-corrected chi connectivity index (χ1v) is 12.8. The van der Waals surface area contributed by atoms with Gasteiger partial charge in [0, 0.05) is 11.4 Å². The number of anilines is 1. The first-order chi connectivity index (χ1) is 14.7. The predicted octanol–water partition coefficient (Wildman–Crippen LogP) is 5.85. The zero-order valence-electron chi connectivity index (χ0n) is 19.5. The molecule has 0 bridgehead atoms. The van der Waals surface area contributed by atoms with Crippen LogP contribution >= 0.6 is 0 Å². The van der Waals surface area contributed by atoms with Gasteiger partial charge in [0.05, 0.1) is 12.2 Å². The largest absolute Gasteiger partial charge is 0.324 e. The number of amides is 1. The topological polar surface area (TPSA) is 45.2 Å². The third-order valence-electron chi connectivity index (χ3n) is 6.79. The predicted molar refractivity (Wildman–Crippen MR) is 126 cm³/mol. The maximum atomic E-state index is 13.1. The number of nitrogens with one attached hydrogen (secondary N) is 1. The van der Waals surface area contributed by atoms with Gasteiger partial charge in [-0.25, -0.2) is 0 Å². The van der Waals surface area contributed by atoms with Gasteiger partial charge in [-0.3, -0.25) is 14.7 Å². The smallest absolute Gasteiger partial charge is 0.238 e. The van der Waals surface area contributed by atoms with Crippen LogP contribution in [0.5, 0.6) is 0 Å². The standard InChI is InChI=1S/C26H43N3O/c1-3-5-7-11-18-29(19-12-8-6-4-2)20-25(30)28-26-21-14-9-10-16-23(21)27-24-17-13-15-22(24)26/h3-20H2,1-2H3,(H,27,28,30). The molecule has 30 heavy (non-hydrogen) atoms. The molecule has 0 fully saturated rings. The van der Waals surface area contributed by atoms with E-state index in [2.05, 4.69) is 24.1 Å². The van der Waals surface area contributed by atoms with Crippen molar-refractivity contribution >= 4 is 11.6 Å². The van der Waals surface area contributed by atoms with Crippen LogP contribution in [0.2, 0.25) is 0 Å². The molecule has 4 nitrogen and oxygen atoms in total. The number of carbonyl (C=O) groups is 1. The van der Waals surface area contributed by atoms with E-state index in [1.165, 1.54) is 93.1 Å². The summed E-state index contributed by atoms with van der Waals surface area (Å²) in [5.41, 5.74) is 6.33. The summed E-state index contributed by atoms with van der Waals surface area (Å²) >= 11 is 0. The molecule has 2 aliphatic rings. The van der Waals surface area contributed by atoms with E-state index in [0.717, 1.165) is 44.5 Å². The highest BCUT2D eigenvalue weighted by molar-refractivity contribution is 5.94. The van der Waals surface area contributed by atoms with E-state index in [-0.39, 0.29) is 5.91 Å². The van der Waals surface area contributed by atoms with Gasteiger partial charge < -0.3 is 5.32 Å². The molecule has 1 aromatic heterocycles. The number of carbonyl (C=O) groups excluding carboxylic acids is 1. The normalized spacial score (nSPS) is 15.3. The molecule has 1 N–H and O–H groups in total. The van der Waals surface area contributed by atoms with Crippen molar-refractivity contribution in [3.05, 3.63) is 22.5 Å². The molecular formula is C26H43N3O. The lowest BCUT2D eigenvalue weighted by molar-refractivity contribution is -0.117. The Morgan fingerprint density at radius 1 is 0.800 bits per heavy atom. The molecule has 0 unspecified atom stereocenters. The van der Waals surface area contributed by atoms with E-state index < -0.39 is 0 Å². The minimum atomic E-state index is 0.175. The highest BCUT2D eigenvalue weighted by Gasteiger charge is 2.25. The van der Waals surface area contributed by atoms with Crippen LogP contribution in [-0.4, -0.2) is 35.4 Å². The lowest BCUT2D eigenvalue weighted by Crippen LogP contribution is -2.35. The Kier molecular flexibility index (Phi) is 9.64. The molecule has 4 heteroatoms. The van der Waals surface area contributed by atoms with Crippen LogP contribution in [0.4, 0.5) is 5.69 Å². The molecule has 1 aromatic rings. The van der Waals surface area contributed by atoms with Crippen molar-refractivity contribution in [1.29, 1.82) is 0 Å². The average molecular weight is 414 g/mol. The van der Waals surface area contributed by atoms with Crippen molar-refractivity contribution in [1.82, 2.24) is 9.88 Å². The summed E-state index contributed by atoms with van der Waals surface area (Å²) in [5, 5.41) is 3.38. The molecule has 0 spiro atoms. The van der Waals surface area contributed by atoms with E-state index >= 15 is 0 Å². The molecule has 3 rings (SSSR count). The van der Waals surface area contributed by atoms with Crippen LogP contribution in [0.25, 0.3) is 0 Å². The van der Waals surface area contributed by atoms with Gasteiger partial charge in [0.25, 0.3) is 0 Å². The number of nitrogens with zero attached hydrogens (tertiary/aromatic N) is 2. The number of aryl methyl sites for hydroxylation is 2. The first-order valence-electron chi connectivity index (χ1n) is 12.8. The Balaban J connectivity index is 1.63. The summed E-state index contributed by atoms with van der Waals surface area (Å²) in [6.07, 6.45) is 18.0. The SMILES string of the molecule is CCCCCCN(CCCCCC)CC(=O)Nc1c2c(nc3c1CCC3)CCCC2. The zero-order chi connectivity index (χ0) is 21.2. The van der Waals surface area contributed by atoms with Gasteiger partial charge in [0.2, 0.25) is 5.91 Å². The average Bonchev–Trinajstić information content (AvgIpc) is 3.22. The van der Waals surface area contributed by atoms with Gasteiger partial charge in [-0.2, -0.15) is 0 Å². The fraction of sp³-hybridized carbons (Fsp3) is 0.769. The quantitative estimate of drug-likeness (QED) is 0.413. The highest BCUT2D eigenvalue weighted by Crippen LogP contribution is 2.35. The van der Waals surface area contributed by atoms with Crippen LogP contribution in [-0.2, 0) is 30.5 Å². The lowest BCUT2D eigenvalue weighted by atomic mass is 9.92. The molecule has 2 aliphatic carbocycles. The summed E-state index contributed by atoms with van der Waals surface area (Å²) in [6, 6.07) is 0. The Hall–Kier alpha value is -1.42. The van der Waals surface area contributed by atoms with Crippen LogP contribution in [0, 0.1) is 0 Å². The van der Waals surface area contributed by atoms with Crippen molar-refractivity contribution in [3.8, 4) is 0 Å². The van der Waals surface area contributed by atoms with Gasteiger partial charge in [-0.15, -0.1) is 0 Å². The summed E-state index contributed by atoms with van der Waals surface area (Å²) in [5.74, 6) is 0.175. The second-order valence-corrected chi connectivity index (χ2v) is 9.34. The Labute approximate surface area is 184 Å². The van der Waals surface area contributed by atoms with E-state index in [0.29, 0.717) is 6.54 Å². The van der Waals surface area contributed by atoms with Gasteiger partial charge in [-0.05, 0) is 82.0 Å². The third-order valence-corrected chi connectivity index (χ3v) is 6.79. The lowest BCUT2D eigenvalue weighted by Gasteiger charge is -2.25. The van der Waals surface area contributed by atoms with Crippen LogP contribution in [0.1, 0.15) is 107 Å². The Morgan fingerprint density at radius 3 is 2.00 bits per heavy atom. The van der Waals surface area contributed by atoms with Crippen molar-refractivity contribution in [2.75, 3.05) is 25.0 Å². The van der Waals surface area contributed by atoms with E-state index in [1.54, 1.807) is 0 Å². The van der Waals surface area contributed by atoms with Crippen molar-refractivity contribution < 1.29 is 4.79 Å². The number of rotatable bonds is 13. The van der Waals surface area contributed by atoms with E-state index in [9.17, 15) is 4.79 Å². The van der Waals surface area contributed by atoms with E-state index in [4.69, 9.17) is 4.98 Å². The van der Waals surface area contributed by atoms with Gasteiger partial charge >= 0.3 is 0 Å². The van der Waals surface area contributed by atoms with Gasteiger partial charge in [0.15, 0.2) is 0 Å². The summed E-state index contributed by atoms with van der Waals surface area (Å²) in [6.45, 7) is 7.13. The molecule has 0 saturated carbocycles. The summed E-state index contributed by atoms with van der Waals surface area (Å²) in [4.78, 5) is 20.5. The molecule has 0 atom stereocenters. The molecular weight excluding hydrogens is 370 g/mol. The molecule has 0 saturated heterocycles. The maximum Gasteiger partial charge on any atom is 0.238 e. The number of fused-ring (bicyclic) bond motifs is 2. The number of aromatic nitrogens is 1. The Bertz CT molecular complexity index is 673. The van der Waals surface area contributed by atoms with Crippen LogP contribution in [0.15, 0.2) is 0 Å². The van der Waals surface area contributed by atoms with Crippen molar-refractivity contribution in [3.63, 3.8) is 0 Å². The molecule has 168 valence electrons. The molecule has 0 aliphatic heterocycles. The minimum absolute atomic E-state index is 0.175. The maximum absolute atomic E-state index is 13.1. The zero-order valence-corrected chi connectivity index (χ0v) is 19.5. The Morgan fingerprint density at radius 2 is 1.37 bits per heavy atom. The number of pyridine rings is 1. The number of hydrogen-bond acceptors (Lipinski definition) is 3. The monoisotopic (exact) mass is 413 g/mol. The fourth-order valence-corrected chi connectivity index (χ4v) is 5.07. The molecule has 0 aromatic carbocycles. The number of hydrogen-bond donors (Lipinski definition) is 1. The molecule has 1 heterocycles. The fourth-order valence-electron chi connectivity index (χ4n) is 5.07. The highest BCUT2D eigenvalue weighted by atomic mass is 16.2. The summed E-state index contributed by atoms with van der Waals surface area (Å²) < 4.78 is 0. The third kappa shape index (κ3) is 6.54. The van der Waals surface area contributed by atoms with Crippen LogP contribution < -0.4 is 5.32 Å². The molecule has 0 radical (unpaired) electrons. The second kappa shape index (κ2) is 12.4. The number of unbranched alkanes of at least 4 members (excludes halogenated alkanes) is 6. The summed E-state index contributed by atoms with van der Waals surface area (Å²) in [7, 11) is 0. The van der Waals surface area contributed by atoms with Crippen molar-refractivity contribution in [2.45, 2.75) is 110 Å². The minimum Gasteiger partial charge on any atom is -0.324 e. The molecule has 1 amide bonds.